The first-order chi connectivity index (χ1) is 11.0. The topological polar surface area (TPSA) is 102 Å². The largest absolute Gasteiger partial charge is 0.468 e. The first-order valence-corrected chi connectivity index (χ1v) is 7.16. The molecule has 0 aliphatic carbocycles. The van der Waals surface area contributed by atoms with Gasteiger partial charge in [0, 0.05) is 0 Å². The molecule has 0 unspecified atom stereocenters. The monoisotopic (exact) mass is 322 g/mol. The van der Waals surface area contributed by atoms with E-state index in [1.807, 2.05) is 0 Å². The summed E-state index contributed by atoms with van der Waals surface area (Å²) in [4.78, 5) is 48.9. The molecule has 122 valence electrons. The van der Waals surface area contributed by atoms with Crippen molar-refractivity contribution < 1.29 is 33.4 Å². The second kappa shape index (κ2) is 4.62. The number of ether oxygens (including phenoxy) is 3. The Labute approximate surface area is 130 Å². The zero-order valence-electron chi connectivity index (χ0n) is 12.4. The molecule has 0 spiro atoms. The number of imide groups is 1. The van der Waals surface area contributed by atoms with Crippen LogP contribution in [0.5, 0.6) is 0 Å². The van der Waals surface area contributed by atoms with E-state index in [9.17, 15) is 19.2 Å². The number of rotatable bonds is 3. The third-order valence-electron chi connectivity index (χ3n) is 4.78. The van der Waals surface area contributed by atoms with Crippen molar-refractivity contribution in [3.63, 3.8) is 0 Å². The summed E-state index contributed by atoms with van der Waals surface area (Å²) in [5, 5.41) is 2.04. The summed E-state index contributed by atoms with van der Waals surface area (Å²) in [6, 6.07) is -2.04. The Hall–Kier alpha value is -2.26. The molecule has 3 saturated heterocycles. The van der Waals surface area contributed by atoms with Gasteiger partial charge in [0.1, 0.15) is 0 Å². The fourth-order valence-electron chi connectivity index (χ4n) is 3.70. The molecule has 2 bridgehead atoms. The summed E-state index contributed by atoms with van der Waals surface area (Å²) in [6.45, 7) is 0. The van der Waals surface area contributed by atoms with E-state index in [1.165, 1.54) is 14.2 Å². The molecular weight excluding hydrogens is 308 g/mol. The number of fused-ring (bicyclic) bond motifs is 5. The second-order valence-electron chi connectivity index (χ2n) is 5.81. The number of hydrogen-bond acceptors (Lipinski definition) is 8. The Morgan fingerprint density at radius 3 is 1.78 bits per heavy atom. The Morgan fingerprint density at radius 2 is 1.39 bits per heavy atom. The first-order valence-electron chi connectivity index (χ1n) is 7.16. The van der Waals surface area contributed by atoms with Gasteiger partial charge in [-0.2, -0.15) is 5.01 Å². The van der Waals surface area contributed by atoms with Gasteiger partial charge in [0.2, 0.25) is 0 Å². The van der Waals surface area contributed by atoms with Crippen molar-refractivity contribution >= 4 is 23.8 Å². The van der Waals surface area contributed by atoms with E-state index in [-0.39, 0.29) is 0 Å². The molecule has 9 heteroatoms. The number of esters is 2. The normalized spacial score (nSPS) is 42.9. The van der Waals surface area contributed by atoms with Crippen molar-refractivity contribution in [3.8, 4) is 0 Å². The molecular formula is C14H14N2O7. The van der Waals surface area contributed by atoms with Crippen LogP contribution >= 0.6 is 0 Å². The highest BCUT2D eigenvalue weighted by molar-refractivity contribution is 6.08. The number of carbonyl (C=O) groups excluding carboxylic acids is 4. The van der Waals surface area contributed by atoms with Crippen molar-refractivity contribution in [2.24, 2.45) is 11.8 Å². The van der Waals surface area contributed by atoms with Gasteiger partial charge >= 0.3 is 11.9 Å². The van der Waals surface area contributed by atoms with Gasteiger partial charge in [-0.1, -0.05) is 12.2 Å². The molecule has 4 rings (SSSR count). The third-order valence-corrected chi connectivity index (χ3v) is 4.78. The van der Waals surface area contributed by atoms with Crippen molar-refractivity contribution in [1.82, 2.24) is 10.0 Å². The van der Waals surface area contributed by atoms with E-state index in [2.05, 4.69) is 9.47 Å². The number of amides is 2. The van der Waals surface area contributed by atoms with Crippen LogP contribution in [0.15, 0.2) is 12.2 Å². The van der Waals surface area contributed by atoms with Crippen LogP contribution in [0.2, 0.25) is 0 Å². The highest BCUT2D eigenvalue weighted by Crippen LogP contribution is 2.48. The van der Waals surface area contributed by atoms with Crippen LogP contribution in [0.25, 0.3) is 0 Å². The van der Waals surface area contributed by atoms with Gasteiger partial charge in [0.15, 0.2) is 12.1 Å². The quantitative estimate of drug-likeness (QED) is 0.261. The van der Waals surface area contributed by atoms with Gasteiger partial charge in [-0.15, -0.1) is 0 Å². The molecule has 4 heterocycles. The molecule has 0 aromatic carbocycles. The number of nitrogens with zero attached hydrogens (tertiary/aromatic N) is 2. The maximum atomic E-state index is 12.6. The number of hydrazine groups is 1. The molecule has 4 aliphatic heterocycles. The van der Waals surface area contributed by atoms with Crippen LogP contribution in [0.1, 0.15) is 0 Å². The molecule has 6 atom stereocenters. The standard InChI is InChI=1S/C14H14N2O7/c1-21-13(19)9-10(14(20)22-2)15(9)16-11(17)7-5-3-4-6(23-5)8(7)12(16)18/h3-10H,1-2H3/t5-,6+,7-,8+,9-,10-/m0/s1. The minimum atomic E-state index is -1.02. The van der Waals surface area contributed by atoms with Crippen molar-refractivity contribution in [2.45, 2.75) is 24.3 Å². The van der Waals surface area contributed by atoms with Gasteiger partial charge < -0.3 is 14.2 Å². The van der Waals surface area contributed by atoms with Gasteiger partial charge in [-0.05, 0) is 0 Å². The summed E-state index contributed by atoms with van der Waals surface area (Å²) in [5.41, 5.74) is 0. The molecule has 4 aliphatic rings. The summed E-state index contributed by atoms with van der Waals surface area (Å²) in [7, 11) is 2.35. The SMILES string of the molecule is COC(=O)[C@@H]1[C@@H](C(=O)OC)N1N1C(=O)[C@@H]2[C@H](C1=O)[C@H]1C=C[C@@H]2O1. The average Bonchev–Trinajstić information content (AvgIpc) is 2.86. The van der Waals surface area contributed by atoms with E-state index in [4.69, 9.17) is 4.74 Å². The predicted molar refractivity (Wildman–Crippen MR) is 70.1 cm³/mol. The molecule has 0 N–H and O–H groups in total. The Morgan fingerprint density at radius 1 is 0.957 bits per heavy atom. The Balaban J connectivity index is 1.63. The summed E-state index contributed by atoms with van der Waals surface area (Å²) < 4.78 is 14.8. The van der Waals surface area contributed by atoms with Crippen LogP contribution in [0, 0.1) is 11.8 Å². The zero-order valence-corrected chi connectivity index (χ0v) is 12.4. The maximum Gasteiger partial charge on any atom is 0.327 e. The Kier molecular flexibility index (Phi) is 2.88. The zero-order chi connectivity index (χ0) is 16.5. The van der Waals surface area contributed by atoms with Crippen LogP contribution in [0.3, 0.4) is 0 Å². The van der Waals surface area contributed by atoms with E-state index >= 15 is 0 Å². The number of carbonyl (C=O) groups is 4. The smallest absolute Gasteiger partial charge is 0.327 e. The van der Waals surface area contributed by atoms with Gasteiger partial charge in [0.25, 0.3) is 11.8 Å². The van der Waals surface area contributed by atoms with Crippen molar-refractivity contribution in [2.75, 3.05) is 14.2 Å². The van der Waals surface area contributed by atoms with E-state index in [0.717, 1.165) is 10.0 Å². The average molecular weight is 322 g/mol. The predicted octanol–water partition coefficient (Wildman–Crippen LogP) is -1.76. The van der Waals surface area contributed by atoms with Crippen LogP contribution in [-0.4, -0.2) is 72.3 Å². The fraction of sp³-hybridized carbons (Fsp3) is 0.571. The minimum absolute atomic E-state index is 0.431. The second-order valence-corrected chi connectivity index (χ2v) is 5.81. The minimum Gasteiger partial charge on any atom is -0.468 e. The highest BCUT2D eigenvalue weighted by atomic mass is 16.5. The lowest BCUT2D eigenvalue weighted by Crippen LogP contribution is -2.41. The summed E-state index contributed by atoms with van der Waals surface area (Å²) in [5.74, 6) is -3.52. The van der Waals surface area contributed by atoms with Gasteiger partial charge in [-0.3, -0.25) is 19.2 Å². The van der Waals surface area contributed by atoms with Crippen LogP contribution in [-0.2, 0) is 33.4 Å². The van der Waals surface area contributed by atoms with E-state index in [0.29, 0.717) is 0 Å². The highest BCUT2D eigenvalue weighted by Gasteiger charge is 2.70. The molecule has 2 amide bonds. The first kappa shape index (κ1) is 14.3. The molecule has 0 aromatic rings. The fourth-order valence-corrected chi connectivity index (χ4v) is 3.70. The number of methoxy groups -OCH3 is 2. The molecule has 0 saturated carbocycles. The van der Waals surface area contributed by atoms with Crippen LogP contribution < -0.4 is 0 Å². The van der Waals surface area contributed by atoms with Crippen molar-refractivity contribution in [1.29, 1.82) is 0 Å². The summed E-state index contributed by atoms with van der Waals surface area (Å²) >= 11 is 0. The van der Waals surface area contributed by atoms with E-state index in [1.54, 1.807) is 12.2 Å². The Bertz CT molecular complexity index is 608. The third kappa shape index (κ3) is 1.68. The lowest BCUT2D eigenvalue weighted by Gasteiger charge is -2.19. The van der Waals surface area contributed by atoms with Crippen LogP contribution in [0.4, 0.5) is 0 Å². The molecule has 0 aromatic heterocycles. The lowest BCUT2D eigenvalue weighted by molar-refractivity contribution is -0.156. The molecule has 9 nitrogen and oxygen atoms in total. The number of hydrogen-bond donors (Lipinski definition) is 0. The maximum absolute atomic E-state index is 12.6. The molecule has 23 heavy (non-hydrogen) atoms. The van der Waals surface area contributed by atoms with Gasteiger partial charge in [-0.25, -0.2) is 5.01 Å². The molecule has 0 radical (unpaired) electrons. The molecule has 3 fully saturated rings. The van der Waals surface area contributed by atoms with Gasteiger partial charge in [0.05, 0.1) is 38.3 Å². The lowest BCUT2D eigenvalue weighted by atomic mass is 9.85. The van der Waals surface area contributed by atoms with E-state index < -0.39 is 59.9 Å². The summed E-state index contributed by atoms with van der Waals surface area (Å²) in [6.07, 6.45) is 2.66. The van der Waals surface area contributed by atoms with Crippen molar-refractivity contribution in [3.05, 3.63) is 12.2 Å².